The van der Waals surface area contributed by atoms with Crippen LogP contribution in [-0.2, 0) is 15.9 Å². The van der Waals surface area contributed by atoms with Crippen molar-refractivity contribution in [1.29, 1.82) is 0 Å². The van der Waals surface area contributed by atoms with Crippen molar-refractivity contribution in [2.24, 2.45) is 0 Å². The molecule has 0 bridgehead atoms. The summed E-state index contributed by atoms with van der Waals surface area (Å²) in [6.07, 6.45) is -0.968. The van der Waals surface area contributed by atoms with E-state index in [1.54, 1.807) is 19.9 Å². The van der Waals surface area contributed by atoms with E-state index in [9.17, 15) is 13.9 Å². The second kappa shape index (κ2) is 10.6. The van der Waals surface area contributed by atoms with Gasteiger partial charge in [0.25, 0.3) is 0 Å². The third-order valence-corrected chi connectivity index (χ3v) is 6.69. The van der Waals surface area contributed by atoms with Gasteiger partial charge in [0, 0.05) is 19.0 Å². The van der Waals surface area contributed by atoms with Crippen LogP contribution in [0.1, 0.15) is 19.4 Å². The molecule has 0 spiro atoms. The highest BCUT2D eigenvalue weighted by Crippen LogP contribution is 2.41. The number of aliphatic hydroxyl groups is 1. The Labute approximate surface area is 221 Å². The van der Waals surface area contributed by atoms with E-state index in [-0.39, 0.29) is 67.6 Å². The molecule has 7 nitrogen and oxygen atoms in total. The van der Waals surface area contributed by atoms with Gasteiger partial charge in [-0.1, -0.05) is 13.0 Å². The Morgan fingerprint density at radius 3 is 2.64 bits per heavy atom. The smallest absolute Gasteiger partial charge is 0.311 e. The number of hydrogen-bond donors (Lipinski definition) is 1. The van der Waals surface area contributed by atoms with E-state index in [1.165, 1.54) is 30.2 Å². The molecule has 2 heterocycles. The Morgan fingerprint density at radius 2 is 1.90 bits per heavy atom. The maximum atomic E-state index is 16.3. The number of hydrogen-bond acceptors (Lipinski definition) is 7. The molecule has 3 aromatic carbocycles. The summed E-state index contributed by atoms with van der Waals surface area (Å²) in [5, 5.41) is 11.3. The Morgan fingerprint density at radius 1 is 1.10 bits per heavy atom. The number of aryl methyl sites for hydroxylation is 1. The zero-order chi connectivity index (χ0) is 27.9. The predicted molar refractivity (Wildman–Crippen MR) is 138 cm³/mol. The lowest BCUT2D eigenvalue weighted by molar-refractivity contribution is -0.0123. The molecule has 1 saturated heterocycles. The third kappa shape index (κ3) is 5.09. The fourth-order valence-corrected chi connectivity index (χ4v) is 5.07. The van der Waals surface area contributed by atoms with Crippen molar-refractivity contribution in [2.75, 3.05) is 45.1 Å². The summed E-state index contributed by atoms with van der Waals surface area (Å²) in [5.41, 5.74) is -1.97. The van der Waals surface area contributed by atoms with Crippen molar-refractivity contribution in [3.05, 3.63) is 59.4 Å². The topological polar surface area (TPSA) is 76.9 Å². The molecule has 5 rings (SSSR count). The van der Waals surface area contributed by atoms with Crippen molar-refractivity contribution < 1.29 is 36.9 Å². The fraction of sp³-hybridized carbons (Fsp3) is 0.357. The zero-order valence-electron chi connectivity index (χ0n) is 21.7. The molecule has 0 radical (unpaired) electrons. The second-order valence-electron chi connectivity index (χ2n) is 9.73. The van der Waals surface area contributed by atoms with Crippen molar-refractivity contribution in [3.63, 3.8) is 0 Å². The molecular formula is C28H27F4N3O4. The highest BCUT2D eigenvalue weighted by atomic mass is 19.1. The summed E-state index contributed by atoms with van der Waals surface area (Å²) in [6, 6.07) is 6.84. The molecule has 0 aliphatic carbocycles. The van der Waals surface area contributed by atoms with E-state index >= 15 is 8.78 Å². The first-order valence-corrected chi connectivity index (χ1v) is 12.4. The number of anilines is 1. The van der Waals surface area contributed by atoms with Crippen molar-refractivity contribution in [1.82, 2.24) is 9.97 Å². The van der Waals surface area contributed by atoms with Crippen molar-refractivity contribution in [3.8, 4) is 16.9 Å². The van der Waals surface area contributed by atoms with E-state index in [0.717, 1.165) is 6.07 Å². The van der Waals surface area contributed by atoms with Crippen LogP contribution in [0.4, 0.5) is 23.4 Å². The molecule has 1 fully saturated rings. The lowest BCUT2D eigenvalue weighted by atomic mass is 9.91. The average Bonchev–Trinajstić information content (AvgIpc) is 3.08. The van der Waals surface area contributed by atoms with E-state index < -0.39 is 40.2 Å². The monoisotopic (exact) mass is 545 g/mol. The van der Waals surface area contributed by atoms with Gasteiger partial charge in [-0.15, -0.1) is 0 Å². The Bertz CT molecular complexity index is 1560. The summed E-state index contributed by atoms with van der Waals surface area (Å²) >= 11 is 0. The molecule has 4 aromatic rings. The molecule has 1 aromatic heterocycles. The predicted octanol–water partition coefficient (Wildman–Crippen LogP) is 5.14. The molecule has 0 unspecified atom stereocenters. The first-order chi connectivity index (χ1) is 18.6. The molecule has 1 aliphatic heterocycles. The fourth-order valence-electron chi connectivity index (χ4n) is 5.07. The number of rotatable bonds is 6. The minimum Gasteiger partial charge on any atom is -0.468 e. The number of nitrogens with zero attached hydrogens (tertiary/aromatic N) is 3. The summed E-state index contributed by atoms with van der Waals surface area (Å²) < 4.78 is 77.7. The van der Waals surface area contributed by atoms with Gasteiger partial charge in [-0.05, 0) is 59.5 Å². The van der Waals surface area contributed by atoms with Gasteiger partial charge in [0.1, 0.15) is 34.3 Å². The van der Waals surface area contributed by atoms with E-state index in [2.05, 4.69) is 9.97 Å². The summed E-state index contributed by atoms with van der Waals surface area (Å²) in [5.74, 6) is -2.47. The molecule has 1 N–H and O–H groups in total. The lowest BCUT2D eigenvalue weighted by Crippen LogP contribution is -2.42. The van der Waals surface area contributed by atoms with Crippen molar-refractivity contribution in [2.45, 2.75) is 25.9 Å². The average molecular weight is 546 g/mol. The molecular weight excluding hydrogens is 518 g/mol. The van der Waals surface area contributed by atoms with Crippen LogP contribution in [0.3, 0.4) is 0 Å². The number of aromatic nitrogens is 2. The largest absolute Gasteiger partial charge is 0.468 e. The molecule has 0 saturated carbocycles. The minimum atomic E-state index is -1.30. The quantitative estimate of drug-likeness (QED) is 0.204. The number of halogens is 4. The van der Waals surface area contributed by atoms with Gasteiger partial charge in [-0.25, -0.2) is 13.2 Å². The van der Waals surface area contributed by atoms with E-state index in [4.69, 9.17) is 14.2 Å². The van der Waals surface area contributed by atoms with Crippen LogP contribution in [0, 0.1) is 23.5 Å². The summed E-state index contributed by atoms with van der Waals surface area (Å²) in [6.45, 7) is 3.57. The van der Waals surface area contributed by atoms with Crippen LogP contribution in [0.25, 0.3) is 32.8 Å². The van der Waals surface area contributed by atoms with Crippen LogP contribution < -0.4 is 9.64 Å². The van der Waals surface area contributed by atoms with Gasteiger partial charge < -0.3 is 24.2 Å². The van der Waals surface area contributed by atoms with Crippen LogP contribution in [0.2, 0.25) is 0 Å². The number of methoxy groups -OCH3 is 1. The number of β-amino-alcohol motifs (C(OH)–C–C–N with tert-alkyl or cyclic N) is 1. The summed E-state index contributed by atoms with van der Waals surface area (Å²) in [7, 11) is 1.43. The van der Waals surface area contributed by atoms with Gasteiger partial charge >= 0.3 is 6.08 Å². The van der Waals surface area contributed by atoms with Crippen LogP contribution >= 0.6 is 0 Å². The standard InChI is InChI=1S/C28H27F4N3O4/c1-4-17-20(29)6-5-15-9-16(39-14-37-3)10-18(22(15)17)23-21(30)11-19-25(24(23)31)33-27(32)34-26(19)35-7-8-38-13-28(2,36)12-35/h5-6,9-11,36H,4,7-8,12-14H2,1-3H3/t28-/m0/s1. The molecule has 206 valence electrons. The zero-order valence-corrected chi connectivity index (χ0v) is 21.7. The molecule has 1 aliphatic rings. The maximum absolute atomic E-state index is 16.3. The SMILES string of the molecule is CCc1c(F)ccc2cc(OCOC)cc(-c3c(F)cc4c(N5CCOC[C@@](C)(O)C5)nc(F)nc4c3F)c12. The number of fused-ring (bicyclic) bond motifs is 2. The Hall–Kier alpha value is -3.54. The van der Waals surface area contributed by atoms with Gasteiger partial charge in [0.2, 0.25) is 0 Å². The Balaban J connectivity index is 1.79. The minimum absolute atomic E-state index is 0.00774. The molecule has 39 heavy (non-hydrogen) atoms. The molecule has 0 amide bonds. The summed E-state index contributed by atoms with van der Waals surface area (Å²) in [4.78, 5) is 8.99. The second-order valence-corrected chi connectivity index (χ2v) is 9.73. The van der Waals surface area contributed by atoms with Gasteiger partial charge in [-0.2, -0.15) is 14.4 Å². The van der Waals surface area contributed by atoms with E-state index in [0.29, 0.717) is 10.8 Å². The van der Waals surface area contributed by atoms with Gasteiger partial charge in [0.05, 0.1) is 25.3 Å². The third-order valence-electron chi connectivity index (χ3n) is 6.69. The molecule has 11 heteroatoms. The van der Waals surface area contributed by atoms with Gasteiger partial charge in [-0.3, -0.25) is 0 Å². The van der Waals surface area contributed by atoms with Crippen LogP contribution in [0.15, 0.2) is 30.3 Å². The van der Waals surface area contributed by atoms with Crippen LogP contribution in [-0.4, -0.2) is 60.9 Å². The van der Waals surface area contributed by atoms with Crippen LogP contribution in [0.5, 0.6) is 5.75 Å². The highest BCUT2D eigenvalue weighted by molar-refractivity contribution is 6.03. The first kappa shape index (κ1) is 27.0. The highest BCUT2D eigenvalue weighted by Gasteiger charge is 2.31. The van der Waals surface area contributed by atoms with Gasteiger partial charge in [0.15, 0.2) is 12.6 Å². The Kier molecular flexibility index (Phi) is 7.32. The maximum Gasteiger partial charge on any atom is 0.311 e. The normalized spacial score (nSPS) is 18.1. The number of ether oxygens (including phenoxy) is 3. The van der Waals surface area contributed by atoms with Crippen molar-refractivity contribution >= 4 is 27.5 Å². The lowest BCUT2D eigenvalue weighted by Gasteiger charge is -2.29. The molecule has 1 atom stereocenters. The first-order valence-electron chi connectivity index (χ1n) is 12.4. The number of benzene rings is 3. The van der Waals surface area contributed by atoms with E-state index in [1.807, 2.05) is 0 Å².